The summed E-state index contributed by atoms with van der Waals surface area (Å²) in [5.41, 5.74) is 0.674. The summed E-state index contributed by atoms with van der Waals surface area (Å²) in [6.07, 6.45) is 1.47. The number of amides is 2. The van der Waals surface area contributed by atoms with Crippen LogP contribution < -0.4 is 10.6 Å². The van der Waals surface area contributed by atoms with Crippen LogP contribution >= 0.6 is 0 Å². The first-order chi connectivity index (χ1) is 11.6. The minimum atomic E-state index is -0.255. The van der Waals surface area contributed by atoms with Crippen molar-refractivity contribution in [3.63, 3.8) is 0 Å². The summed E-state index contributed by atoms with van der Waals surface area (Å²) in [5.74, 6) is 0.0615. The molecule has 0 aliphatic carbocycles. The molecule has 0 radical (unpaired) electrons. The average molecular weight is 331 g/mol. The van der Waals surface area contributed by atoms with E-state index in [-0.39, 0.29) is 30.0 Å². The van der Waals surface area contributed by atoms with E-state index in [0.717, 1.165) is 12.8 Å². The van der Waals surface area contributed by atoms with E-state index in [0.29, 0.717) is 31.8 Å². The second-order valence-corrected chi connectivity index (χ2v) is 6.45. The van der Waals surface area contributed by atoms with E-state index >= 15 is 0 Å². The molecule has 6 heteroatoms. The van der Waals surface area contributed by atoms with Gasteiger partial charge in [0.05, 0.1) is 12.7 Å². The van der Waals surface area contributed by atoms with Gasteiger partial charge in [0.15, 0.2) is 0 Å². The molecule has 2 atom stereocenters. The summed E-state index contributed by atoms with van der Waals surface area (Å²) >= 11 is 0. The number of hydrogen-bond acceptors (Lipinski definition) is 4. The minimum Gasteiger partial charge on any atom is -0.375 e. The third-order valence-corrected chi connectivity index (χ3v) is 4.76. The van der Waals surface area contributed by atoms with Crippen molar-refractivity contribution in [2.45, 2.75) is 38.0 Å². The summed E-state index contributed by atoms with van der Waals surface area (Å²) in [5, 5.41) is 6.31. The van der Waals surface area contributed by atoms with Gasteiger partial charge in [0.2, 0.25) is 5.91 Å². The third kappa shape index (κ3) is 3.94. The Morgan fingerprint density at radius 3 is 2.58 bits per heavy atom. The van der Waals surface area contributed by atoms with Crippen molar-refractivity contribution in [1.82, 2.24) is 15.5 Å². The lowest BCUT2D eigenvalue weighted by atomic mass is 10.0. The van der Waals surface area contributed by atoms with Gasteiger partial charge in [0.1, 0.15) is 6.04 Å². The van der Waals surface area contributed by atoms with Gasteiger partial charge in [0.25, 0.3) is 5.91 Å². The quantitative estimate of drug-likeness (QED) is 0.859. The predicted molar refractivity (Wildman–Crippen MR) is 90.7 cm³/mol. The van der Waals surface area contributed by atoms with Gasteiger partial charge in [-0.05, 0) is 31.9 Å². The van der Waals surface area contributed by atoms with Gasteiger partial charge >= 0.3 is 0 Å². The first-order valence-electron chi connectivity index (χ1n) is 8.65. The van der Waals surface area contributed by atoms with Crippen LogP contribution in [0.1, 0.15) is 30.1 Å². The molecule has 2 amide bonds. The van der Waals surface area contributed by atoms with Gasteiger partial charge in [0, 0.05) is 31.2 Å². The fraction of sp³-hybridized carbons (Fsp3) is 0.556. The monoisotopic (exact) mass is 331 g/mol. The Balaban J connectivity index is 1.49. The molecule has 2 aliphatic heterocycles. The van der Waals surface area contributed by atoms with Crippen molar-refractivity contribution in [3.8, 4) is 0 Å². The molecule has 0 spiro atoms. The van der Waals surface area contributed by atoms with Gasteiger partial charge in [-0.15, -0.1) is 0 Å². The highest BCUT2D eigenvalue weighted by Crippen LogP contribution is 2.15. The van der Waals surface area contributed by atoms with Crippen LogP contribution in [0.15, 0.2) is 30.3 Å². The van der Waals surface area contributed by atoms with Crippen LogP contribution in [-0.2, 0) is 9.53 Å². The number of likely N-dealkylation sites (tertiary alicyclic amines) is 1. The Labute approximate surface area is 142 Å². The van der Waals surface area contributed by atoms with Crippen LogP contribution in [0.4, 0.5) is 0 Å². The second-order valence-electron chi connectivity index (χ2n) is 6.45. The largest absolute Gasteiger partial charge is 0.375 e. The van der Waals surface area contributed by atoms with E-state index in [1.807, 2.05) is 42.2 Å². The molecule has 2 fully saturated rings. The maximum Gasteiger partial charge on any atom is 0.251 e. The van der Waals surface area contributed by atoms with Crippen LogP contribution in [0.25, 0.3) is 0 Å². The van der Waals surface area contributed by atoms with E-state index in [4.69, 9.17) is 4.74 Å². The standard InChI is InChI=1S/C18H25N3O3/c1-13-16(19-9-12-24-13)18(23)21-10-7-15(8-11-21)20-17(22)14-5-3-2-4-6-14/h2-6,13,15-16,19H,7-12H2,1H3,(H,20,22)/t13-,16+/m1/s1. The van der Waals surface area contributed by atoms with E-state index in [2.05, 4.69) is 10.6 Å². The molecule has 2 heterocycles. The molecule has 3 rings (SSSR count). The van der Waals surface area contributed by atoms with Crippen molar-refractivity contribution < 1.29 is 14.3 Å². The normalized spacial score (nSPS) is 25.3. The molecule has 2 N–H and O–H groups in total. The van der Waals surface area contributed by atoms with Gasteiger partial charge in [-0.25, -0.2) is 0 Å². The maximum atomic E-state index is 12.6. The smallest absolute Gasteiger partial charge is 0.251 e. The predicted octanol–water partition coefficient (Wildman–Crippen LogP) is 0.784. The van der Waals surface area contributed by atoms with Crippen molar-refractivity contribution >= 4 is 11.8 Å². The molecular weight excluding hydrogens is 306 g/mol. The molecule has 0 unspecified atom stereocenters. The van der Waals surface area contributed by atoms with Crippen molar-refractivity contribution in [3.05, 3.63) is 35.9 Å². The average Bonchev–Trinajstić information content (AvgIpc) is 2.63. The number of nitrogens with one attached hydrogen (secondary N) is 2. The highest BCUT2D eigenvalue weighted by Gasteiger charge is 2.33. The van der Waals surface area contributed by atoms with Crippen molar-refractivity contribution in [2.24, 2.45) is 0 Å². The number of rotatable bonds is 3. The number of ether oxygens (including phenoxy) is 1. The fourth-order valence-electron chi connectivity index (χ4n) is 3.31. The van der Waals surface area contributed by atoms with Crippen molar-refractivity contribution in [1.29, 1.82) is 0 Å². The lowest BCUT2D eigenvalue weighted by Crippen LogP contribution is -2.58. The summed E-state index contributed by atoms with van der Waals surface area (Å²) < 4.78 is 5.56. The molecule has 130 valence electrons. The van der Waals surface area contributed by atoms with Gasteiger partial charge in [-0.3, -0.25) is 9.59 Å². The molecule has 1 aromatic carbocycles. The lowest BCUT2D eigenvalue weighted by molar-refractivity contribution is -0.140. The molecule has 1 aromatic rings. The Kier molecular flexibility index (Phi) is 5.48. The molecular formula is C18H25N3O3. The summed E-state index contributed by atoms with van der Waals surface area (Å²) in [6, 6.07) is 9.09. The Hall–Kier alpha value is -1.92. The van der Waals surface area contributed by atoms with Crippen LogP contribution in [0.5, 0.6) is 0 Å². The number of benzene rings is 1. The minimum absolute atomic E-state index is 0.0451. The van der Waals surface area contributed by atoms with Crippen LogP contribution in [0.2, 0.25) is 0 Å². The Morgan fingerprint density at radius 1 is 1.21 bits per heavy atom. The third-order valence-electron chi connectivity index (χ3n) is 4.76. The fourth-order valence-corrected chi connectivity index (χ4v) is 3.31. The molecule has 0 bridgehead atoms. The first-order valence-corrected chi connectivity index (χ1v) is 8.65. The van der Waals surface area contributed by atoms with Gasteiger partial charge in [-0.1, -0.05) is 18.2 Å². The van der Waals surface area contributed by atoms with E-state index in [1.165, 1.54) is 0 Å². The number of piperidine rings is 1. The topological polar surface area (TPSA) is 70.7 Å². The zero-order chi connectivity index (χ0) is 16.9. The lowest BCUT2D eigenvalue weighted by Gasteiger charge is -2.37. The molecule has 2 saturated heterocycles. The second kappa shape index (κ2) is 7.77. The zero-order valence-electron chi connectivity index (χ0n) is 14.0. The van der Waals surface area contributed by atoms with Crippen LogP contribution in [0.3, 0.4) is 0 Å². The Bertz CT molecular complexity index is 570. The summed E-state index contributed by atoms with van der Waals surface area (Å²) in [6.45, 7) is 4.64. The first kappa shape index (κ1) is 16.9. The van der Waals surface area contributed by atoms with Crippen LogP contribution in [0, 0.1) is 0 Å². The number of nitrogens with zero attached hydrogens (tertiary/aromatic N) is 1. The van der Waals surface area contributed by atoms with E-state index in [9.17, 15) is 9.59 Å². The molecule has 2 aliphatic rings. The number of carbonyl (C=O) groups excluding carboxylic acids is 2. The molecule has 6 nitrogen and oxygen atoms in total. The molecule has 0 aromatic heterocycles. The van der Waals surface area contributed by atoms with Gasteiger partial charge in [-0.2, -0.15) is 0 Å². The Morgan fingerprint density at radius 2 is 1.92 bits per heavy atom. The highest BCUT2D eigenvalue weighted by molar-refractivity contribution is 5.94. The maximum absolute atomic E-state index is 12.6. The molecule has 0 saturated carbocycles. The van der Waals surface area contributed by atoms with Crippen molar-refractivity contribution in [2.75, 3.05) is 26.2 Å². The summed E-state index contributed by atoms with van der Waals surface area (Å²) in [7, 11) is 0. The number of carbonyl (C=O) groups is 2. The van der Waals surface area contributed by atoms with E-state index < -0.39 is 0 Å². The zero-order valence-corrected chi connectivity index (χ0v) is 14.0. The van der Waals surface area contributed by atoms with Crippen LogP contribution in [-0.4, -0.2) is 61.1 Å². The number of morpholine rings is 1. The highest BCUT2D eigenvalue weighted by atomic mass is 16.5. The van der Waals surface area contributed by atoms with E-state index in [1.54, 1.807) is 0 Å². The SMILES string of the molecule is C[C@H]1OCCN[C@@H]1C(=O)N1CCC(NC(=O)c2ccccc2)CC1. The number of hydrogen-bond donors (Lipinski definition) is 2. The molecule has 24 heavy (non-hydrogen) atoms. The van der Waals surface area contributed by atoms with Gasteiger partial charge < -0.3 is 20.3 Å². The summed E-state index contributed by atoms with van der Waals surface area (Å²) in [4.78, 5) is 26.7.